The summed E-state index contributed by atoms with van der Waals surface area (Å²) in [5.41, 5.74) is 0. The summed E-state index contributed by atoms with van der Waals surface area (Å²) in [4.78, 5) is 13.8. The van der Waals surface area contributed by atoms with E-state index in [1.807, 2.05) is 18.9 Å². The van der Waals surface area contributed by atoms with Crippen LogP contribution in [0.15, 0.2) is 0 Å². The van der Waals surface area contributed by atoms with E-state index in [1.165, 1.54) is 0 Å². The number of carbonyl (C=O) groups excluding carboxylic acids is 1. The largest absolute Gasteiger partial charge is 0.382 e. The zero-order valence-electron chi connectivity index (χ0n) is 10.9. The highest BCUT2D eigenvalue weighted by molar-refractivity contribution is 5.85. The summed E-state index contributed by atoms with van der Waals surface area (Å²) in [6, 6.07) is 0.431. The molecule has 5 heteroatoms. The summed E-state index contributed by atoms with van der Waals surface area (Å²) in [6.45, 7) is 5.46. The van der Waals surface area contributed by atoms with Crippen LogP contribution in [0.25, 0.3) is 0 Å². The summed E-state index contributed by atoms with van der Waals surface area (Å²) in [6.07, 6.45) is 3.60. The van der Waals surface area contributed by atoms with Gasteiger partial charge in [-0.1, -0.05) is 0 Å². The lowest BCUT2D eigenvalue weighted by molar-refractivity contribution is -0.132. The molecule has 17 heavy (non-hydrogen) atoms. The third kappa shape index (κ3) is 6.24. The second-order valence-electron chi connectivity index (χ2n) is 4.29. The standard InChI is InChI=1S/C12H24N2O2.ClH/c1-3-16-10-4-5-12(15)14(2)11-6-8-13-9-7-11;/h11,13H,3-10H2,1-2H3;1H. The molecule has 0 saturated carbocycles. The maximum absolute atomic E-state index is 11.9. The number of rotatable bonds is 6. The first kappa shape index (κ1) is 16.7. The molecule has 0 bridgehead atoms. The molecule has 0 unspecified atom stereocenters. The molecule has 0 spiro atoms. The predicted octanol–water partition coefficient (Wildman–Crippen LogP) is 1.44. The minimum atomic E-state index is 0. The number of nitrogens with one attached hydrogen (secondary N) is 1. The molecule has 1 saturated heterocycles. The lowest BCUT2D eigenvalue weighted by Gasteiger charge is -2.31. The van der Waals surface area contributed by atoms with Crippen LogP contribution in [0, 0.1) is 0 Å². The first-order chi connectivity index (χ1) is 7.75. The molecule has 4 nitrogen and oxygen atoms in total. The van der Waals surface area contributed by atoms with Crippen molar-refractivity contribution in [1.82, 2.24) is 10.2 Å². The molecule has 0 aliphatic carbocycles. The van der Waals surface area contributed by atoms with E-state index in [0.717, 1.165) is 39.0 Å². The fourth-order valence-electron chi connectivity index (χ4n) is 2.04. The van der Waals surface area contributed by atoms with Crippen LogP contribution in [0.3, 0.4) is 0 Å². The molecule has 0 aromatic carbocycles. The molecular formula is C12H25ClN2O2. The van der Waals surface area contributed by atoms with Gasteiger partial charge in [0.15, 0.2) is 0 Å². The summed E-state index contributed by atoms with van der Waals surface area (Å²) >= 11 is 0. The Kier molecular flexibility index (Phi) is 9.50. The van der Waals surface area contributed by atoms with Crippen molar-refractivity contribution in [3.8, 4) is 0 Å². The highest BCUT2D eigenvalue weighted by atomic mass is 35.5. The van der Waals surface area contributed by atoms with E-state index in [2.05, 4.69) is 5.32 Å². The molecule has 102 valence electrons. The predicted molar refractivity (Wildman–Crippen MR) is 71.6 cm³/mol. The molecule has 0 aromatic heterocycles. The van der Waals surface area contributed by atoms with Crippen LogP contribution in [0.4, 0.5) is 0 Å². The lowest BCUT2D eigenvalue weighted by atomic mass is 10.0. The number of ether oxygens (including phenoxy) is 1. The first-order valence-electron chi connectivity index (χ1n) is 6.29. The molecule has 1 aliphatic heterocycles. The van der Waals surface area contributed by atoms with Crippen molar-refractivity contribution < 1.29 is 9.53 Å². The van der Waals surface area contributed by atoms with E-state index in [9.17, 15) is 4.79 Å². The van der Waals surface area contributed by atoms with Crippen LogP contribution in [0.5, 0.6) is 0 Å². The van der Waals surface area contributed by atoms with Gasteiger partial charge >= 0.3 is 0 Å². The van der Waals surface area contributed by atoms with Gasteiger partial charge in [-0.15, -0.1) is 12.4 Å². The number of amides is 1. The quantitative estimate of drug-likeness (QED) is 0.738. The van der Waals surface area contributed by atoms with Gasteiger partial charge in [0.2, 0.25) is 5.91 Å². The van der Waals surface area contributed by atoms with Crippen LogP contribution in [-0.2, 0) is 9.53 Å². The molecule has 1 rings (SSSR count). The number of hydrogen-bond donors (Lipinski definition) is 1. The molecule has 1 heterocycles. The highest BCUT2D eigenvalue weighted by Crippen LogP contribution is 2.11. The molecule has 1 N–H and O–H groups in total. The number of piperidine rings is 1. The van der Waals surface area contributed by atoms with E-state index < -0.39 is 0 Å². The molecule has 1 amide bonds. The van der Waals surface area contributed by atoms with Crippen LogP contribution in [-0.4, -0.2) is 50.2 Å². The second kappa shape index (κ2) is 9.68. The average Bonchev–Trinajstić information content (AvgIpc) is 2.34. The normalized spacial score (nSPS) is 16.4. The Hall–Kier alpha value is -0.320. The van der Waals surface area contributed by atoms with Gasteiger partial charge in [-0.2, -0.15) is 0 Å². The smallest absolute Gasteiger partial charge is 0.222 e. The van der Waals surface area contributed by atoms with E-state index in [0.29, 0.717) is 19.1 Å². The Labute approximate surface area is 110 Å². The van der Waals surface area contributed by atoms with Crippen molar-refractivity contribution in [2.75, 3.05) is 33.4 Å². The van der Waals surface area contributed by atoms with E-state index in [4.69, 9.17) is 4.74 Å². The van der Waals surface area contributed by atoms with Gasteiger partial charge in [0.25, 0.3) is 0 Å². The van der Waals surface area contributed by atoms with Crippen molar-refractivity contribution in [2.24, 2.45) is 0 Å². The van der Waals surface area contributed by atoms with Crippen LogP contribution in [0.2, 0.25) is 0 Å². The van der Waals surface area contributed by atoms with Crippen LogP contribution < -0.4 is 5.32 Å². The number of hydrogen-bond acceptors (Lipinski definition) is 3. The SMILES string of the molecule is CCOCCCC(=O)N(C)C1CCNCC1.Cl. The fourth-order valence-corrected chi connectivity index (χ4v) is 2.04. The summed E-state index contributed by atoms with van der Waals surface area (Å²) in [5, 5.41) is 3.31. The molecule has 0 radical (unpaired) electrons. The van der Waals surface area contributed by atoms with Crippen LogP contribution in [0.1, 0.15) is 32.6 Å². The van der Waals surface area contributed by atoms with Gasteiger partial charge < -0.3 is 15.0 Å². The number of nitrogens with zero attached hydrogens (tertiary/aromatic N) is 1. The van der Waals surface area contributed by atoms with E-state index in [-0.39, 0.29) is 18.3 Å². The van der Waals surface area contributed by atoms with Gasteiger partial charge in [-0.05, 0) is 39.3 Å². The van der Waals surface area contributed by atoms with E-state index in [1.54, 1.807) is 0 Å². The Morgan fingerprint density at radius 3 is 2.65 bits per heavy atom. The molecular weight excluding hydrogens is 240 g/mol. The molecule has 1 fully saturated rings. The minimum Gasteiger partial charge on any atom is -0.382 e. The first-order valence-corrected chi connectivity index (χ1v) is 6.29. The Bertz CT molecular complexity index is 209. The van der Waals surface area contributed by atoms with Crippen molar-refractivity contribution in [3.63, 3.8) is 0 Å². The van der Waals surface area contributed by atoms with Gasteiger partial charge in [0, 0.05) is 32.7 Å². The van der Waals surface area contributed by atoms with Crippen molar-refractivity contribution in [1.29, 1.82) is 0 Å². The number of halogens is 1. The Balaban J connectivity index is 0.00000256. The van der Waals surface area contributed by atoms with Gasteiger partial charge in [0.1, 0.15) is 0 Å². The van der Waals surface area contributed by atoms with Crippen LogP contribution >= 0.6 is 12.4 Å². The molecule has 1 aliphatic rings. The Morgan fingerprint density at radius 2 is 2.06 bits per heavy atom. The van der Waals surface area contributed by atoms with Crippen molar-refractivity contribution >= 4 is 18.3 Å². The molecule has 0 atom stereocenters. The zero-order chi connectivity index (χ0) is 11.8. The summed E-state index contributed by atoms with van der Waals surface area (Å²) < 4.78 is 5.23. The second-order valence-corrected chi connectivity index (χ2v) is 4.29. The third-order valence-electron chi connectivity index (χ3n) is 3.13. The maximum atomic E-state index is 11.9. The average molecular weight is 265 g/mol. The van der Waals surface area contributed by atoms with E-state index >= 15 is 0 Å². The van der Waals surface area contributed by atoms with Crippen molar-refractivity contribution in [2.45, 2.75) is 38.6 Å². The zero-order valence-corrected chi connectivity index (χ0v) is 11.7. The highest BCUT2D eigenvalue weighted by Gasteiger charge is 2.21. The summed E-state index contributed by atoms with van der Waals surface area (Å²) in [5.74, 6) is 0.256. The maximum Gasteiger partial charge on any atom is 0.222 e. The minimum absolute atomic E-state index is 0. The van der Waals surface area contributed by atoms with Gasteiger partial charge in [-0.3, -0.25) is 4.79 Å². The fraction of sp³-hybridized carbons (Fsp3) is 0.917. The third-order valence-corrected chi connectivity index (χ3v) is 3.13. The lowest BCUT2D eigenvalue weighted by Crippen LogP contribution is -2.43. The topological polar surface area (TPSA) is 41.6 Å². The monoisotopic (exact) mass is 264 g/mol. The Morgan fingerprint density at radius 1 is 1.41 bits per heavy atom. The van der Waals surface area contributed by atoms with Crippen molar-refractivity contribution in [3.05, 3.63) is 0 Å². The van der Waals surface area contributed by atoms with Gasteiger partial charge in [-0.25, -0.2) is 0 Å². The summed E-state index contributed by atoms with van der Waals surface area (Å²) in [7, 11) is 1.93. The van der Waals surface area contributed by atoms with Gasteiger partial charge in [0.05, 0.1) is 0 Å². The number of carbonyl (C=O) groups is 1. The molecule has 0 aromatic rings.